The second-order valence-electron chi connectivity index (χ2n) is 4.96. The monoisotopic (exact) mass is 355 g/mol. The normalized spacial score (nSPS) is 12.3. The lowest BCUT2D eigenvalue weighted by atomic mass is 10.2. The molecule has 7 nitrogen and oxygen atoms in total. The van der Waals surface area contributed by atoms with Gasteiger partial charge < -0.3 is 0 Å². The lowest BCUT2D eigenvalue weighted by Crippen LogP contribution is -2.48. The summed E-state index contributed by atoms with van der Waals surface area (Å²) in [5, 5.41) is 0. The molecular formula is C14H17N3O4S2. The summed E-state index contributed by atoms with van der Waals surface area (Å²) in [6.45, 7) is 3.66. The minimum absolute atomic E-state index is 0.0186. The Labute approximate surface area is 135 Å². The Kier molecular flexibility index (Phi) is 5.17. The highest BCUT2D eigenvalue weighted by molar-refractivity contribution is 7.90. The Morgan fingerprint density at radius 1 is 0.609 bits per heavy atom. The quantitative estimate of drug-likeness (QED) is 0.670. The van der Waals surface area contributed by atoms with E-state index in [9.17, 15) is 16.8 Å². The van der Waals surface area contributed by atoms with Crippen molar-refractivity contribution in [1.29, 1.82) is 0 Å². The summed E-state index contributed by atoms with van der Waals surface area (Å²) in [7, 11) is -7.75. The van der Waals surface area contributed by atoms with Crippen molar-refractivity contribution < 1.29 is 16.8 Å². The van der Waals surface area contributed by atoms with Crippen LogP contribution in [0.3, 0.4) is 0 Å². The van der Waals surface area contributed by atoms with E-state index < -0.39 is 20.0 Å². The Morgan fingerprint density at radius 2 is 0.913 bits per heavy atom. The van der Waals surface area contributed by atoms with E-state index in [0.29, 0.717) is 0 Å². The zero-order chi connectivity index (χ0) is 17.1. The average Bonchev–Trinajstić information content (AvgIpc) is 2.47. The molecule has 0 spiro atoms. The third-order valence-corrected chi connectivity index (χ3v) is 5.56. The van der Waals surface area contributed by atoms with Gasteiger partial charge in [0.2, 0.25) is 0 Å². The number of aryl methyl sites for hydroxylation is 2. The zero-order valence-corrected chi connectivity index (χ0v) is 14.2. The molecule has 0 bridgehead atoms. The molecule has 0 aliphatic carbocycles. The Hall–Kier alpha value is -1.78. The first-order chi connectivity index (χ1) is 10.7. The number of hydrogen-bond acceptors (Lipinski definition) is 5. The largest absolute Gasteiger partial charge is 0.254 e. The van der Waals surface area contributed by atoms with Gasteiger partial charge in [-0.2, -0.15) is 5.53 Å². The molecule has 0 heterocycles. The Balaban J connectivity index is 2.03. The summed E-state index contributed by atoms with van der Waals surface area (Å²) in [4.78, 5) is 3.97. The van der Waals surface area contributed by atoms with Gasteiger partial charge >= 0.3 is 0 Å². The molecule has 0 radical (unpaired) electrons. The maximum atomic E-state index is 12.0. The first-order valence-electron chi connectivity index (χ1n) is 6.63. The maximum Gasteiger partial charge on any atom is 0.254 e. The third kappa shape index (κ3) is 4.60. The van der Waals surface area contributed by atoms with Crippen LogP contribution in [-0.4, -0.2) is 16.8 Å². The van der Waals surface area contributed by atoms with E-state index in [1.54, 1.807) is 24.3 Å². The van der Waals surface area contributed by atoms with Crippen LogP contribution in [0.25, 0.3) is 0 Å². The smallest absolute Gasteiger partial charge is 0.206 e. The molecule has 9 heteroatoms. The topological polar surface area (TPSA) is 104 Å². The minimum atomic E-state index is -3.88. The summed E-state index contributed by atoms with van der Waals surface area (Å²) in [6, 6.07) is 12.3. The van der Waals surface area contributed by atoms with E-state index in [4.69, 9.17) is 0 Å². The molecule has 0 aliphatic rings. The summed E-state index contributed by atoms with van der Waals surface area (Å²) in [5.74, 6) is 0. The van der Waals surface area contributed by atoms with Gasteiger partial charge in [0.25, 0.3) is 20.0 Å². The van der Waals surface area contributed by atoms with E-state index in [-0.39, 0.29) is 9.79 Å². The standard InChI is InChI=1S/C14H17N3O4S2/c1-11-3-7-13(8-4-11)22(18,19)16-15-17-23(20,21)14-9-5-12(2)6-10-14/h3-10,15-17H,1-2H3. The maximum absolute atomic E-state index is 12.0. The van der Waals surface area contributed by atoms with Crippen molar-refractivity contribution in [2.24, 2.45) is 0 Å². The fourth-order valence-corrected chi connectivity index (χ4v) is 3.37. The van der Waals surface area contributed by atoms with E-state index in [1.807, 2.05) is 29.0 Å². The van der Waals surface area contributed by atoms with E-state index >= 15 is 0 Å². The molecule has 0 aliphatic heterocycles. The minimum Gasteiger partial charge on any atom is -0.206 e. The molecule has 2 aromatic rings. The van der Waals surface area contributed by atoms with E-state index in [1.165, 1.54) is 24.3 Å². The van der Waals surface area contributed by atoms with Crippen LogP contribution in [0.2, 0.25) is 0 Å². The molecule has 3 N–H and O–H groups in total. The van der Waals surface area contributed by atoms with Crippen LogP contribution in [0.5, 0.6) is 0 Å². The van der Waals surface area contributed by atoms with E-state index in [0.717, 1.165) is 11.1 Å². The van der Waals surface area contributed by atoms with Crippen molar-refractivity contribution in [3.05, 3.63) is 59.7 Å². The van der Waals surface area contributed by atoms with Gasteiger partial charge in [0.1, 0.15) is 0 Å². The van der Waals surface area contributed by atoms with Crippen molar-refractivity contribution in [3.8, 4) is 0 Å². The van der Waals surface area contributed by atoms with Gasteiger partial charge in [-0.25, -0.2) is 16.8 Å². The Morgan fingerprint density at radius 3 is 1.22 bits per heavy atom. The predicted molar refractivity (Wildman–Crippen MR) is 86.1 cm³/mol. The molecule has 124 valence electrons. The molecule has 0 unspecified atom stereocenters. The number of benzene rings is 2. The zero-order valence-electron chi connectivity index (χ0n) is 12.6. The number of rotatable bonds is 6. The molecule has 0 atom stereocenters. The van der Waals surface area contributed by atoms with Crippen LogP contribution in [-0.2, 0) is 20.0 Å². The number of nitrogens with one attached hydrogen (secondary N) is 3. The van der Waals surface area contributed by atoms with Crippen LogP contribution in [0.4, 0.5) is 0 Å². The van der Waals surface area contributed by atoms with Gasteiger partial charge in [0.15, 0.2) is 0 Å². The molecule has 0 saturated carbocycles. The van der Waals surface area contributed by atoms with Crippen molar-refractivity contribution in [1.82, 2.24) is 15.2 Å². The van der Waals surface area contributed by atoms with Crippen LogP contribution >= 0.6 is 0 Å². The molecular weight excluding hydrogens is 338 g/mol. The van der Waals surface area contributed by atoms with Crippen LogP contribution < -0.4 is 15.2 Å². The first-order valence-corrected chi connectivity index (χ1v) is 9.59. The summed E-state index contributed by atoms with van der Waals surface area (Å²) < 4.78 is 48.0. The molecule has 2 rings (SSSR count). The highest BCUT2D eigenvalue weighted by Gasteiger charge is 2.16. The predicted octanol–water partition coefficient (Wildman–Crippen LogP) is 0.980. The van der Waals surface area contributed by atoms with Crippen molar-refractivity contribution in [2.45, 2.75) is 23.6 Å². The number of sulfonamides is 2. The first kappa shape index (κ1) is 17.6. The highest BCUT2D eigenvalue weighted by atomic mass is 32.2. The fraction of sp³-hybridized carbons (Fsp3) is 0.143. The highest BCUT2D eigenvalue weighted by Crippen LogP contribution is 2.10. The molecule has 0 saturated heterocycles. The lowest BCUT2D eigenvalue weighted by molar-refractivity contribution is 0.526. The SMILES string of the molecule is Cc1ccc(S(=O)(=O)NNNS(=O)(=O)c2ccc(C)cc2)cc1. The van der Waals surface area contributed by atoms with Gasteiger partial charge in [-0.05, 0) is 38.1 Å². The molecule has 0 fully saturated rings. The van der Waals surface area contributed by atoms with Crippen molar-refractivity contribution in [2.75, 3.05) is 0 Å². The summed E-state index contributed by atoms with van der Waals surface area (Å²) in [6.07, 6.45) is 0. The van der Waals surface area contributed by atoms with E-state index in [2.05, 4.69) is 0 Å². The lowest BCUT2D eigenvalue weighted by Gasteiger charge is -2.10. The van der Waals surface area contributed by atoms with Gasteiger partial charge in [0.05, 0.1) is 9.79 Å². The number of hydrogen-bond donors (Lipinski definition) is 3. The molecule has 2 aromatic carbocycles. The second-order valence-corrected chi connectivity index (χ2v) is 8.33. The fourth-order valence-electron chi connectivity index (χ4n) is 1.71. The van der Waals surface area contributed by atoms with Gasteiger partial charge in [-0.1, -0.05) is 35.4 Å². The summed E-state index contributed by atoms with van der Waals surface area (Å²) >= 11 is 0. The van der Waals surface area contributed by atoms with Crippen molar-refractivity contribution >= 4 is 20.0 Å². The van der Waals surface area contributed by atoms with Gasteiger partial charge in [0, 0.05) is 0 Å². The van der Waals surface area contributed by atoms with Gasteiger partial charge in [-0.3, -0.25) is 0 Å². The van der Waals surface area contributed by atoms with Crippen LogP contribution in [0.1, 0.15) is 11.1 Å². The molecule has 0 aromatic heterocycles. The molecule has 0 amide bonds. The second kappa shape index (κ2) is 6.77. The molecule has 23 heavy (non-hydrogen) atoms. The van der Waals surface area contributed by atoms with Crippen molar-refractivity contribution in [3.63, 3.8) is 0 Å². The average molecular weight is 355 g/mol. The third-order valence-electron chi connectivity index (χ3n) is 3.03. The Bertz CT molecular complexity index is 799. The summed E-state index contributed by atoms with van der Waals surface area (Å²) in [5.41, 5.74) is 3.84. The van der Waals surface area contributed by atoms with Gasteiger partial charge in [-0.15, -0.1) is 9.66 Å². The number of hydrazine groups is 2. The van der Waals surface area contributed by atoms with Crippen LogP contribution in [0.15, 0.2) is 58.3 Å². The van der Waals surface area contributed by atoms with Crippen LogP contribution in [0, 0.1) is 13.8 Å².